The molecule has 0 radical (unpaired) electrons. The van der Waals surface area contributed by atoms with E-state index in [1.165, 1.54) is 22.9 Å². The third-order valence-corrected chi connectivity index (χ3v) is 7.68. The number of carbonyl (C=O) groups is 3. The molecule has 4 N–H and O–H groups in total. The van der Waals surface area contributed by atoms with E-state index >= 15 is 0 Å². The highest BCUT2D eigenvalue weighted by molar-refractivity contribution is 5.95. The van der Waals surface area contributed by atoms with E-state index in [2.05, 4.69) is 15.3 Å². The summed E-state index contributed by atoms with van der Waals surface area (Å²) in [4.78, 5) is 57.5. The molecule has 214 valence electrons. The minimum Gasteiger partial charge on any atom is -0.458 e. The van der Waals surface area contributed by atoms with Crippen LogP contribution in [0.25, 0.3) is 10.9 Å². The molecule has 2 aliphatic rings. The first-order valence-electron chi connectivity index (χ1n) is 13.4. The maximum Gasteiger partial charge on any atom is 0.340 e. The number of aromatic nitrogens is 2. The average Bonchev–Trinajstić information content (AvgIpc) is 2.97. The predicted molar refractivity (Wildman–Crippen MR) is 147 cm³/mol. The number of nitrogens with one attached hydrogen (secondary N) is 1. The number of halogens is 1. The smallest absolute Gasteiger partial charge is 0.340 e. The number of aryl methyl sites for hydroxylation is 1. The van der Waals surface area contributed by atoms with Gasteiger partial charge >= 0.3 is 5.97 Å². The van der Waals surface area contributed by atoms with Crippen LogP contribution in [-0.2, 0) is 38.7 Å². The number of cyclic esters (lactones) is 1. The third kappa shape index (κ3) is 5.52. The summed E-state index contributed by atoms with van der Waals surface area (Å²) in [5.74, 6) is -2.06. The first kappa shape index (κ1) is 28.2. The Bertz CT molecular complexity index is 1650. The predicted octanol–water partition coefficient (Wildman–Crippen LogP) is 1.46. The van der Waals surface area contributed by atoms with Gasteiger partial charge in [-0.25, -0.2) is 14.2 Å². The highest BCUT2D eigenvalue weighted by Crippen LogP contribution is 2.40. The average molecular weight is 564 g/mol. The molecule has 0 saturated heterocycles. The minimum absolute atomic E-state index is 0.115. The summed E-state index contributed by atoms with van der Waals surface area (Å²) in [7, 11) is 0. The number of benzene rings is 1. The molecular formula is C29H30FN5O6. The normalized spacial score (nSPS) is 17.9. The molecule has 1 aliphatic heterocycles. The number of ether oxygens (including phenoxy) is 1. The molecule has 2 aromatic heterocycles. The monoisotopic (exact) mass is 563 g/mol. The molecule has 0 saturated carbocycles. The zero-order valence-electron chi connectivity index (χ0n) is 22.5. The molecule has 3 heterocycles. The Hall–Kier alpha value is -4.29. The van der Waals surface area contributed by atoms with Gasteiger partial charge in [-0.15, -0.1) is 0 Å². The van der Waals surface area contributed by atoms with Crippen molar-refractivity contribution >= 4 is 34.9 Å². The van der Waals surface area contributed by atoms with Gasteiger partial charge in [0.1, 0.15) is 12.4 Å². The molecule has 3 aromatic rings. The molecule has 0 bridgehead atoms. The van der Waals surface area contributed by atoms with Gasteiger partial charge in [-0.3, -0.25) is 19.4 Å². The summed E-state index contributed by atoms with van der Waals surface area (Å²) < 4.78 is 21.1. The Kier molecular flexibility index (Phi) is 8.04. The van der Waals surface area contributed by atoms with E-state index in [1.807, 2.05) is 0 Å². The summed E-state index contributed by atoms with van der Waals surface area (Å²) in [6, 6.07) is 2.92. The molecule has 2 atom stereocenters. The standard InChI is InChI=1S/C29H30FN5O6/c1-15-18-5-4-16(11-34-23(36)3-2-7-32-24(37)10-31)25-17(12-33-22(26(18)25)9-21(15)30)13-35-8-6-19-20(28(35)39)14-41-29(40)27(19)38/h6,8-9,11-12,16,27,38H,2-5,7,10,13-14,31H2,1H3,(H,32,37)/b34-11-. The van der Waals surface area contributed by atoms with Crippen LogP contribution in [0.1, 0.15) is 64.7 Å². The second-order valence-corrected chi connectivity index (χ2v) is 10.2. The van der Waals surface area contributed by atoms with Gasteiger partial charge in [0.15, 0.2) is 6.10 Å². The topological polar surface area (TPSA) is 166 Å². The van der Waals surface area contributed by atoms with Gasteiger partial charge in [0, 0.05) is 54.5 Å². The summed E-state index contributed by atoms with van der Waals surface area (Å²) in [6.07, 6.45) is 4.91. The molecule has 41 heavy (non-hydrogen) atoms. The van der Waals surface area contributed by atoms with Crippen molar-refractivity contribution in [3.05, 3.63) is 74.1 Å². The molecule has 0 spiro atoms. The molecule has 11 nitrogen and oxygen atoms in total. The number of esters is 1. The van der Waals surface area contributed by atoms with Crippen LogP contribution in [0.3, 0.4) is 0 Å². The summed E-state index contributed by atoms with van der Waals surface area (Å²) in [5.41, 5.74) is 8.65. The van der Waals surface area contributed by atoms with Crippen LogP contribution in [0, 0.1) is 12.7 Å². The van der Waals surface area contributed by atoms with E-state index in [1.54, 1.807) is 19.3 Å². The molecule has 5 rings (SSSR count). The highest BCUT2D eigenvalue weighted by Gasteiger charge is 2.31. The number of aliphatic imine (C=N–C) groups is 1. The van der Waals surface area contributed by atoms with Gasteiger partial charge in [-0.1, -0.05) is 0 Å². The lowest BCUT2D eigenvalue weighted by Crippen LogP contribution is -2.32. The van der Waals surface area contributed by atoms with Gasteiger partial charge in [-0.2, -0.15) is 0 Å². The van der Waals surface area contributed by atoms with Crippen LogP contribution in [0.5, 0.6) is 0 Å². The van der Waals surface area contributed by atoms with Crippen LogP contribution < -0.4 is 16.6 Å². The van der Waals surface area contributed by atoms with E-state index in [0.717, 1.165) is 16.5 Å². The van der Waals surface area contributed by atoms with E-state index in [-0.39, 0.29) is 60.8 Å². The number of rotatable bonds is 8. The lowest BCUT2D eigenvalue weighted by Gasteiger charge is -2.27. The number of amides is 2. The second-order valence-electron chi connectivity index (χ2n) is 10.2. The SMILES string of the molecule is Cc1c(F)cc2ncc(Cn3ccc4c(c3=O)COC(=O)C4O)c3c2c1CCC3/C=N\C(=O)CCCNC(=O)CN. The van der Waals surface area contributed by atoms with E-state index < -0.39 is 17.6 Å². The largest absolute Gasteiger partial charge is 0.458 e. The first-order valence-corrected chi connectivity index (χ1v) is 13.4. The Labute approximate surface area is 234 Å². The third-order valence-electron chi connectivity index (χ3n) is 7.68. The number of pyridine rings is 2. The number of hydrogen-bond acceptors (Lipinski definition) is 8. The van der Waals surface area contributed by atoms with Crippen molar-refractivity contribution < 1.29 is 28.6 Å². The number of nitrogens with zero attached hydrogens (tertiary/aromatic N) is 3. The number of fused-ring (bicyclic) bond motifs is 1. The van der Waals surface area contributed by atoms with Gasteiger partial charge in [0.25, 0.3) is 5.56 Å². The van der Waals surface area contributed by atoms with Crippen LogP contribution in [-0.4, -0.2) is 51.7 Å². The van der Waals surface area contributed by atoms with Crippen molar-refractivity contribution in [2.24, 2.45) is 10.7 Å². The fraction of sp³-hybridized carbons (Fsp3) is 0.379. The Balaban J connectivity index is 1.49. The number of nitrogens with two attached hydrogens (primary N) is 1. The van der Waals surface area contributed by atoms with Gasteiger partial charge in [-0.05, 0) is 54.5 Å². The highest BCUT2D eigenvalue weighted by atomic mass is 19.1. The van der Waals surface area contributed by atoms with Crippen LogP contribution >= 0.6 is 0 Å². The molecular weight excluding hydrogens is 533 g/mol. The maximum absolute atomic E-state index is 14.7. The fourth-order valence-electron chi connectivity index (χ4n) is 5.49. The lowest BCUT2D eigenvalue weighted by molar-refractivity contribution is -0.157. The molecule has 1 aliphatic carbocycles. The lowest BCUT2D eigenvalue weighted by atomic mass is 9.79. The molecule has 0 fully saturated rings. The summed E-state index contributed by atoms with van der Waals surface area (Å²) in [6.45, 7) is 1.81. The van der Waals surface area contributed by atoms with E-state index in [0.29, 0.717) is 42.5 Å². The zero-order chi connectivity index (χ0) is 29.3. The van der Waals surface area contributed by atoms with Crippen molar-refractivity contribution in [1.82, 2.24) is 14.9 Å². The number of hydrogen-bond donors (Lipinski definition) is 3. The van der Waals surface area contributed by atoms with Crippen LogP contribution in [0.2, 0.25) is 0 Å². The second kappa shape index (κ2) is 11.7. The molecule has 12 heteroatoms. The Morgan fingerprint density at radius 3 is 2.93 bits per heavy atom. The van der Waals surface area contributed by atoms with Crippen LogP contribution in [0.15, 0.2) is 34.3 Å². The summed E-state index contributed by atoms with van der Waals surface area (Å²) in [5, 5.41) is 13.5. The fourth-order valence-corrected chi connectivity index (χ4v) is 5.49. The van der Waals surface area contributed by atoms with Crippen LogP contribution in [0.4, 0.5) is 4.39 Å². The van der Waals surface area contributed by atoms with Gasteiger partial charge in [0.05, 0.1) is 24.2 Å². The van der Waals surface area contributed by atoms with Crippen molar-refractivity contribution in [3.8, 4) is 0 Å². The molecule has 2 amide bonds. The molecule has 2 unspecified atom stereocenters. The van der Waals surface area contributed by atoms with Crippen molar-refractivity contribution in [2.75, 3.05) is 13.1 Å². The quantitative estimate of drug-likeness (QED) is 0.210. The van der Waals surface area contributed by atoms with Crippen molar-refractivity contribution in [2.45, 2.75) is 57.8 Å². The van der Waals surface area contributed by atoms with Crippen molar-refractivity contribution in [1.29, 1.82) is 0 Å². The number of aliphatic hydroxyl groups is 1. The Morgan fingerprint density at radius 2 is 2.15 bits per heavy atom. The van der Waals surface area contributed by atoms with Gasteiger partial charge in [0.2, 0.25) is 11.8 Å². The van der Waals surface area contributed by atoms with E-state index in [9.17, 15) is 28.7 Å². The zero-order valence-corrected chi connectivity index (χ0v) is 22.5. The Morgan fingerprint density at radius 1 is 1.34 bits per heavy atom. The number of aliphatic hydroxyl groups excluding tert-OH is 1. The molecule has 1 aromatic carbocycles. The maximum atomic E-state index is 14.7. The van der Waals surface area contributed by atoms with Gasteiger partial charge < -0.3 is 25.5 Å². The minimum atomic E-state index is -1.51. The van der Waals surface area contributed by atoms with Crippen molar-refractivity contribution in [3.63, 3.8) is 0 Å². The van der Waals surface area contributed by atoms with E-state index in [4.69, 9.17) is 10.5 Å². The first-order chi connectivity index (χ1) is 19.7. The summed E-state index contributed by atoms with van der Waals surface area (Å²) >= 11 is 0. The number of carbonyl (C=O) groups excluding carboxylic acids is 3.